The Balaban J connectivity index is 1.57. The van der Waals surface area contributed by atoms with E-state index in [9.17, 15) is 0 Å². The van der Waals surface area contributed by atoms with Crippen LogP contribution in [-0.2, 0) is 7.05 Å². The van der Waals surface area contributed by atoms with Crippen molar-refractivity contribution in [2.75, 3.05) is 0 Å². The van der Waals surface area contributed by atoms with Gasteiger partial charge in [-0.05, 0) is 64.1 Å². The standard InChI is InChI=1S/C41H37N2S/c1-24(2)29-14-11-15-30(25(3)4)39(29)43-34-17-10-9-16-33(34)42(6)41(43)36-26(5)18-22-32-38-35(44-40(32)36)23-21-28-20-19-27-12-7-8-13-31(27)37(28)38/h7-25H,1-6H3/q+1. The Hall–Kier alpha value is -4.47. The van der Waals surface area contributed by atoms with E-state index in [0.717, 1.165) is 0 Å². The van der Waals surface area contributed by atoms with Gasteiger partial charge in [0.05, 0.1) is 17.3 Å². The highest BCUT2D eigenvalue weighted by Crippen LogP contribution is 2.46. The van der Waals surface area contributed by atoms with E-state index in [1.54, 1.807) is 0 Å². The zero-order valence-corrected chi connectivity index (χ0v) is 27.1. The lowest BCUT2D eigenvalue weighted by Gasteiger charge is -2.18. The van der Waals surface area contributed by atoms with E-state index in [4.69, 9.17) is 0 Å². The number of rotatable bonds is 4. The fourth-order valence-electron chi connectivity index (χ4n) is 7.39. The fraction of sp³-hybridized carbons (Fsp3) is 0.195. The number of thiophene rings is 1. The monoisotopic (exact) mass is 589 g/mol. The van der Waals surface area contributed by atoms with E-state index in [1.807, 2.05) is 11.3 Å². The van der Waals surface area contributed by atoms with E-state index in [0.29, 0.717) is 11.8 Å². The average molecular weight is 590 g/mol. The Morgan fingerprint density at radius 2 is 1.32 bits per heavy atom. The minimum Gasteiger partial charge on any atom is -0.225 e. The first-order valence-electron chi connectivity index (χ1n) is 15.7. The molecule has 2 aromatic heterocycles. The van der Waals surface area contributed by atoms with Gasteiger partial charge >= 0.3 is 0 Å². The first-order chi connectivity index (χ1) is 21.3. The van der Waals surface area contributed by atoms with E-state index in [-0.39, 0.29) is 0 Å². The van der Waals surface area contributed by atoms with Crippen LogP contribution in [0.1, 0.15) is 56.2 Å². The number of imidazole rings is 1. The minimum absolute atomic E-state index is 0.392. The van der Waals surface area contributed by atoms with Crippen LogP contribution in [0.5, 0.6) is 0 Å². The van der Waals surface area contributed by atoms with Gasteiger partial charge in [-0.25, -0.2) is 4.57 Å². The van der Waals surface area contributed by atoms with E-state index < -0.39 is 0 Å². The predicted octanol–water partition coefficient (Wildman–Crippen LogP) is 11.4. The number of para-hydroxylation sites is 3. The molecular formula is C41H37N2S+. The van der Waals surface area contributed by atoms with Gasteiger partial charge in [0.25, 0.3) is 5.82 Å². The van der Waals surface area contributed by atoms with Crippen molar-refractivity contribution in [1.29, 1.82) is 0 Å². The third-order valence-electron chi connectivity index (χ3n) is 9.52. The number of aromatic nitrogens is 2. The molecule has 0 atom stereocenters. The molecule has 0 radical (unpaired) electrons. The number of hydrogen-bond acceptors (Lipinski definition) is 1. The average Bonchev–Trinajstić information content (AvgIpc) is 3.55. The number of fused-ring (bicyclic) bond motifs is 8. The lowest BCUT2D eigenvalue weighted by molar-refractivity contribution is -0.633. The number of benzene rings is 6. The summed E-state index contributed by atoms with van der Waals surface area (Å²) in [4.78, 5) is 0. The largest absolute Gasteiger partial charge is 0.296 e. The molecule has 0 aliphatic carbocycles. The van der Waals surface area contributed by atoms with Crippen molar-refractivity contribution in [3.05, 3.63) is 120 Å². The molecule has 8 rings (SSSR count). The summed E-state index contributed by atoms with van der Waals surface area (Å²) in [5, 5.41) is 7.98. The van der Waals surface area contributed by atoms with Gasteiger partial charge in [-0.2, -0.15) is 4.57 Å². The molecule has 2 nitrogen and oxygen atoms in total. The molecule has 0 N–H and O–H groups in total. The third-order valence-corrected chi connectivity index (χ3v) is 10.7. The zero-order valence-electron chi connectivity index (χ0n) is 26.3. The molecule has 44 heavy (non-hydrogen) atoms. The molecule has 8 aromatic rings. The van der Waals surface area contributed by atoms with Gasteiger partial charge in [-0.3, -0.25) is 0 Å². The van der Waals surface area contributed by atoms with E-state index in [1.165, 1.54) is 86.5 Å². The number of nitrogens with zero attached hydrogens (tertiary/aromatic N) is 2. The van der Waals surface area contributed by atoms with Gasteiger partial charge in [-0.1, -0.05) is 113 Å². The fourth-order valence-corrected chi connectivity index (χ4v) is 8.70. The summed E-state index contributed by atoms with van der Waals surface area (Å²) >= 11 is 1.94. The van der Waals surface area contributed by atoms with Crippen molar-refractivity contribution in [2.45, 2.75) is 46.5 Å². The maximum absolute atomic E-state index is 2.58. The maximum Gasteiger partial charge on any atom is 0.296 e. The van der Waals surface area contributed by atoms with Gasteiger partial charge < -0.3 is 0 Å². The number of aryl methyl sites for hydroxylation is 2. The molecule has 0 saturated carbocycles. The van der Waals surface area contributed by atoms with Crippen molar-refractivity contribution >= 4 is 64.1 Å². The highest BCUT2D eigenvalue weighted by Gasteiger charge is 2.33. The van der Waals surface area contributed by atoms with Crippen LogP contribution in [0.2, 0.25) is 0 Å². The van der Waals surface area contributed by atoms with Gasteiger partial charge in [0.2, 0.25) is 0 Å². The van der Waals surface area contributed by atoms with Crippen LogP contribution >= 0.6 is 11.3 Å². The normalized spacial score (nSPS) is 12.3. The van der Waals surface area contributed by atoms with Crippen molar-refractivity contribution in [2.24, 2.45) is 7.05 Å². The summed E-state index contributed by atoms with van der Waals surface area (Å²) < 4.78 is 7.70. The molecule has 3 heteroatoms. The lowest BCUT2D eigenvalue weighted by atomic mass is 9.92. The van der Waals surface area contributed by atoms with Crippen molar-refractivity contribution in [3.8, 4) is 17.1 Å². The van der Waals surface area contributed by atoms with E-state index in [2.05, 4.69) is 154 Å². The summed E-state index contributed by atoms with van der Waals surface area (Å²) in [5.41, 5.74) is 9.21. The molecule has 0 saturated heterocycles. The number of hydrogen-bond donors (Lipinski definition) is 0. The second-order valence-electron chi connectivity index (χ2n) is 12.9. The summed E-state index contributed by atoms with van der Waals surface area (Å²) in [6.07, 6.45) is 0. The molecule has 6 aromatic carbocycles. The minimum atomic E-state index is 0.392. The highest BCUT2D eigenvalue weighted by molar-refractivity contribution is 7.26. The second-order valence-corrected chi connectivity index (χ2v) is 13.9. The molecule has 0 aliphatic heterocycles. The van der Waals surface area contributed by atoms with Crippen LogP contribution in [0, 0.1) is 6.92 Å². The van der Waals surface area contributed by atoms with Crippen molar-refractivity contribution in [1.82, 2.24) is 4.57 Å². The predicted molar refractivity (Wildman–Crippen MR) is 191 cm³/mol. The van der Waals surface area contributed by atoms with Gasteiger partial charge in [0.1, 0.15) is 5.69 Å². The van der Waals surface area contributed by atoms with Crippen LogP contribution in [0.15, 0.2) is 103 Å². The van der Waals surface area contributed by atoms with Gasteiger partial charge in [0.15, 0.2) is 11.0 Å². The zero-order chi connectivity index (χ0) is 30.3. The molecular weight excluding hydrogens is 553 g/mol. The Bertz CT molecular complexity index is 2390. The highest BCUT2D eigenvalue weighted by atomic mass is 32.1. The molecule has 0 bridgehead atoms. The van der Waals surface area contributed by atoms with E-state index >= 15 is 0 Å². The summed E-state index contributed by atoms with van der Waals surface area (Å²) in [6, 6.07) is 38.5. The van der Waals surface area contributed by atoms with Crippen LogP contribution < -0.4 is 4.57 Å². The molecule has 0 spiro atoms. The molecule has 0 aliphatic rings. The van der Waals surface area contributed by atoms with Crippen molar-refractivity contribution in [3.63, 3.8) is 0 Å². The van der Waals surface area contributed by atoms with Crippen LogP contribution in [0.25, 0.3) is 69.8 Å². The first-order valence-corrected chi connectivity index (χ1v) is 16.6. The smallest absolute Gasteiger partial charge is 0.225 e. The first kappa shape index (κ1) is 27.1. The lowest BCUT2D eigenvalue weighted by Crippen LogP contribution is -2.30. The molecule has 0 amide bonds. The van der Waals surface area contributed by atoms with Crippen LogP contribution in [-0.4, -0.2) is 4.57 Å². The third kappa shape index (κ3) is 3.82. The topological polar surface area (TPSA) is 8.81 Å². The Morgan fingerprint density at radius 1 is 0.636 bits per heavy atom. The van der Waals surface area contributed by atoms with Crippen molar-refractivity contribution < 1.29 is 4.57 Å². The SMILES string of the molecule is Cc1ccc2c(sc3ccc4ccc5ccccc5c4c32)c1-c1n(-c2c(C(C)C)cccc2C(C)C)c2ccccc2[n+]1C. The Kier molecular flexibility index (Phi) is 6.18. The molecule has 216 valence electrons. The molecule has 2 heterocycles. The van der Waals surface area contributed by atoms with Gasteiger partial charge in [-0.15, -0.1) is 11.3 Å². The quantitative estimate of drug-likeness (QED) is 0.143. The Labute approximate surface area is 262 Å². The van der Waals surface area contributed by atoms with Crippen LogP contribution in [0.4, 0.5) is 0 Å². The summed E-state index contributed by atoms with van der Waals surface area (Å²) in [7, 11) is 2.25. The summed E-state index contributed by atoms with van der Waals surface area (Å²) in [6.45, 7) is 11.6. The Morgan fingerprint density at radius 3 is 2.09 bits per heavy atom. The second kappa shape index (κ2) is 10.0. The van der Waals surface area contributed by atoms with Gasteiger partial charge in [0, 0.05) is 26.6 Å². The maximum atomic E-state index is 2.58. The molecule has 0 unspecified atom stereocenters. The van der Waals surface area contributed by atoms with Crippen LogP contribution in [0.3, 0.4) is 0 Å². The summed E-state index contributed by atoms with van der Waals surface area (Å²) in [5.74, 6) is 2.03. The molecule has 0 fully saturated rings.